The summed E-state index contributed by atoms with van der Waals surface area (Å²) in [4.78, 5) is 28.3. The second kappa shape index (κ2) is 11.8. The number of rotatable bonds is 9. The second-order valence-electron chi connectivity index (χ2n) is 9.72. The molecule has 7 nitrogen and oxygen atoms in total. The fourth-order valence-corrected chi connectivity index (χ4v) is 5.25. The van der Waals surface area contributed by atoms with Crippen LogP contribution < -0.4 is 9.62 Å². The van der Waals surface area contributed by atoms with E-state index in [1.807, 2.05) is 51.1 Å². The van der Waals surface area contributed by atoms with Crippen molar-refractivity contribution in [3.63, 3.8) is 0 Å². The number of amides is 2. The predicted octanol–water partition coefficient (Wildman–Crippen LogP) is 4.87. The Balaban J connectivity index is 2.00. The summed E-state index contributed by atoms with van der Waals surface area (Å²) in [6.07, 6.45) is 0. The van der Waals surface area contributed by atoms with Crippen LogP contribution in [0.2, 0.25) is 5.02 Å². The molecule has 0 aromatic heterocycles. The van der Waals surface area contributed by atoms with E-state index in [-0.39, 0.29) is 23.0 Å². The lowest BCUT2D eigenvalue weighted by Gasteiger charge is -2.33. The standard InChI is InChI=1S/C28H32ClN3O4S/c1-21(27(34)30-28(2,3)4)31(19-22-11-7-5-8-12-22)26(33)20-32(24-17-15-23(29)16-18-24)37(35,36)25-13-9-6-10-14-25/h5-18,21H,19-20H2,1-4H3,(H,30,34)/t21-/m1/s1. The van der Waals surface area contributed by atoms with E-state index in [9.17, 15) is 18.0 Å². The molecule has 1 N–H and O–H groups in total. The molecule has 196 valence electrons. The van der Waals surface area contributed by atoms with Gasteiger partial charge in [0.1, 0.15) is 12.6 Å². The van der Waals surface area contributed by atoms with Crippen molar-refractivity contribution >= 4 is 39.1 Å². The Morgan fingerprint density at radius 3 is 1.97 bits per heavy atom. The summed E-state index contributed by atoms with van der Waals surface area (Å²) in [6.45, 7) is 6.85. The van der Waals surface area contributed by atoms with Crippen LogP contribution in [0, 0.1) is 0 Å². The first kappa shape index (κ1) is 28.2. The van der Waals surface area contributed by atoms with Gasteiger partial charge in [0.05, 0.1) is 10.6 Å². The van der Waals surface area contributed by atoms with Gasteiger partial charge in [-0.15, -0.1) is 0 Å². The number of hydrogen-bond donors (Lipinski definition) is 1. The van der Waals surface area contributed by atoms with Crippen LogP contribution in [0.3, 0.4) is 0 Å². The van der Waals surface area contributed by atoms with E-state index in [0.29, 0.717) is 5.02 Å². The van der Waals surface area contributed by atoms with E-state index < -0.39 is 34.1 Å². The quantitative estimate of drug-likeness (QED) is 0.419. The van der Waals surface area contributed by atoms with Crippen LogP contribution in [0.5, 0.6) is 0 Å². The third kappa shape index (κ3) is 7.57. The summed E-state index contributed by atoms with van der Waals surface area (Å²) in [5, 5.41) is 3.34. The van der Waals surface area contributed by atoms with E-state index >= 15 is 0 Å². The van der Waals surface area contributed by atoms with Gasteiger partial charge in [-0.1, -0.05) is 60.1 Å². The minimum absolute atomic E-state index is 0.0471. The zero-order valence-electron chi connectivity index (χ0n) is 21.4. The molecule has 37 heavy (non-hydrogen) atoms. The van der Waals surface area contributed by atoms with Gasteiger partial charge in [0, 0.05) is 17.1 Å². The van der Waals surface area contributed by atoms with Crippen molar-refractivity contribution in [1.82, 2.24) is 10.2 Å². The largest absolute Gasteiger partial charge is 0.350 e. The average Bonchev–Trinajstić information content (AvgIpc) is 2.86. The molecule has 0 radical (unpaired) electrons. The Morgan fingerprint density at radius 2 is 1.43 bits per heavy atom. The highest BCUT2D eigenvalue weighted by molar-refractivity contribution is 7.92. The van der Waals surface area contributed by atoms with E-state index in [1.54, 1.807) is 49.4 Å². The number of sulfonamides is 1. The lowest BCUT2D eigenvalue weighted by Crippen LogP contribution is -2.54. The Bertz CT molecular complexity index is 1310. The summed E-state index contributed by atoms with van der Waals surface area (Å²) < 4.78 is 28.4. The number of halogens is 1. The van der Waals surface area contributed by atoms with Crippen molar-refractivity contribution in [2.24, 2.45) is 0 Å². The van der Waals surface area contributed by atoms with Crippen LogP contribution in [0.4, 0.5) is 5.69 Å². The van der Waals surface area contributed by atoms with Crippen LogP contribution >= 0.6 is 11.6 Å². The lowest BCUT2D eigenvalue weighted by atomic mass is 10.1. The molecule has 9 heteroatoms. The highest BCUT2D eigenvalue weighted by atomic mass is 35.5. The summed E-state index contributed by atoms with van der Waals surface area (Å²) in [5.41, 5.74) is 0.599. The molecule has 0 fully saturated rings. The molecule has 3 rings (SSSR count). The van der Waals surface area contributed by atoms with Crippen molar-refractivity contribution in [2.45, 2.75) is 50.7 Å². The van der Waals surface area contributed by atoms with Crippen LogP contribution in [0.15, 0.2) is 89.8 Å². The molecule has 0 aliphatic heterocycles. The highest BCUT2D eigenvalue weighted by Crippen LogP contribution is 2.26. The molecule has 0 bridgehead atoms. The number of anilines is 1. The summed E-state index contributed by atoms with van der Waals surface area (Å²) >= 11 is 6.04. The zero-order valence-corrected chi connectivity index (χ0v) is 23.0. The van der Waals surface area contributed by atoms with Crippen molar-refractivity contribution < 1.29 is 18.0 Å². The van der Waals surface area contributed by atoms with Crippen molar-refractivity contribution in [2.75, 3.05) is 10.8 Å². The van der Waals surface area contributed by atoms with Crippen molar-refractivity contribution in [1.29, 1.82) is 0 Å². The summed E-state index contributed by atoms with van der Waals surface area (Å²) in [6, 6.07) is 22.5. The Hall–Kier alpha value is -3.36. The fourth-order valence-electron chi connectivity index (χ4n) is 3.69. The van der Waals surface area contributed by atoms with Gasteiger partial charge in [0.2, 0.25) is 11.8 Å². The van der Waals surface area contributed by atoms with E-state index in [2.05, 4.69) is 5.32 Å². The molecule has 0 unspecified atom stereocenters. The highest BCUT2D eigenvalue weighted by Gasteiger charge is 2.33. The maximum atomic E-state index is 13.8. The molecule has 1 atom stereocenters. The summed E-state index contributed by atoms with van der Waals surface area (Å²) in [7, 11) is -4.10. The number of carbonyl (C=O) groups excluding carboxylic acids is 2. The third-order valence-corrected chi connectivity index (χ3v) is 7.63. The molecule has 0 heterocycles. The normalized spacial score (nSPS) is 12.5. The Kier molecular flexibility index (Phi) is 8.99. The molecule has 0 aliphatic rings. The molecule has 3 aromatic rings. The number of nitrogens with one attached hydrogen (secondary N) is 1. The predicted molar refractivity (Wildman–Crippen MR) is 147 cm³/mol. The number of carbonyl (C=O) groups is 2. The first-order chi connectivity index (χ1) is 17.4. The van der Waals surface area contributed by atoms with Gasteiger partial charge in [-0.2, -0.15) is 0 Å². The van der Waals surface area contributed by atoms with Gasteiger partial charge in [0.25, 0.3) is 10.0 Å². The van der Waals surface area contributed by atoms with Gasteiger partial charge in [-0.25, -0.2) is 8.42 Å². The number of nitrogens with zero attached hydrogens (tertiary/aromatic N) is 2. The molecule has 0 spiro atoms. The minimum Gasteiger partial charge on any atom is -0.350 e. The Labute approximate surface area is 224 Å². The van der Waals surface area contributed by atoms with Crippen molar-refractivity contribution in [3.05, 3.63) is 95.5 Å². The zero-order chi connectivity index (χ0) is 27.2. The first-order valence-electron chi connectivity index (χ1n) is 11.9. The maximum absolute atomic E-state index is 13.8. The van der Waals surface area contributed by atoms with Gasteiger partial charge in [-0.05, 0) is 69.7 Å². The fraction of sp³-hybridized carbons (Fsp3) is 0.286. The maximum Gasteiger partial charge on any atom is 0.264 e. The smallest absolute Gasteiger partial charge is 0.264 e. The van der Waals surface area contributed by atoms with Crippen LogP contribution in [-0.4, -0.2) is 43.3 Å². The molecule has 0 saturated carbocycles. The van der Waals surface area contributed by atoms with E-state index in [4.69, 9.17) is 11.6 Å². The lowest BCUT2D eigenvalue weighted by molar-refractivity contribution is -0.140. The minimum atomic E-state index is -4.10. The monoisotopic (exact) mass is 541 g/mol. The second-order valence-corrected chi connectivity index (χ2v) is 12.0. The van der Waals surface area contributed by atoms with Gasteiger partial charge < -0.3 is 10.2 Å². The summed E-state index contributed by atoms with van der Waals surface area (Å²) in [5.74, 6) is -0.851. The molecule has 0 saturated heterocycles. The van der Waals surface area contributed by atoms with Crippen LogP contribution in [0.1, 0.15) is 33.3 Å². The van der Waals surface area contributed by atoms with Gasteiger partial charge in [-0.3, -0.25) is 13.9 Å². The molecule has 2 amide bonds. The van der Waals surface area contributed by atoms with E-state index in [0.717, 1.165) is 9.87 Å². The van der Waals surface area contributed by atoms with Gasteiger partial charge >= 0.3 is 0 Å². The molecule has 0 aliphatic carbocycles. The van der Waals surface area contributed by atoms with Crippen LogP contribution in [0.25, 0.3) is 0 Å². The molecular weight excluding hydrogens is 510 g/mol. The van der Waals surface area contributed by atoms with Crippen LogP contribution in [-0.2, 0) is 26.2 Å². The van der Waals surface area contributed by atoms with Crippen molar-refractivity contribution in [3.8, 4) is 0 Å². The number of benzene rings is 3. The Morgan fingerprint density at radius 1 is 0.892 bits per heavy atom. The number of hydrogen-bond acceptors (Lipinski definition) is 4. The molecular formula is C28H32ClN3O4S. The average molecular weight is 542 g/mol. The first-order valence-corrected chi connectivity index (χ1v) is 13.7. The van der Waals surface area contributed by atoms with E-state index in [1.165, 1.54) is 17.0 Å². The third-order valence-electron chi connectivity index (χ3n) is 5.59. The topological polar surface area (TPSA) is 86.8 Å². The molecule has 3 aromatic carbocycles. The van der Waals surface area contributed by atoms with Gasteiger partial charge in [0.15, 0.2) is 0 Å². The SMILES string of the molecule is C[C@H](C(=O)NC(C)(C)C)N(Cc1ccccc1)C(=O)CN(c1ccc(Cl)cc1)S(=O)(=O)c1ccccc1.